The number of carbonyl (C=O) groups excluding carboxylic acids is 2. The first-order chi connectivity index (χ1) is 11.7. The standard InChI is InChI=1S/C18H23N3O2S2/c1-18(2,3)20-15(22)10-21(4)16(23)12-25-17-19-14(11-24-17)13-8-6-5-7-9-13/h5-9,11H,10,12H2,1-4H3,(H,20,22). The fraction of sp³-hybridized carbons (Fsp3) is 0.389. The van der Waals surface area contributed by atoms with Crippen LogP contribution >= 0.6 is 23.1 Å². The number of nitrogens with zero attached hydrogens (tertiary/aromatic N) is 2. The fourth-order valence-corrected chi connectivity index (χ4v) is 3.84. The van der Waals surface area contributed by atoms with Gasteiger partial charge in [0.15, 0.2) is 4.34 Å². The minimum absolute atomic E-state index is 0.0593. The zero-order chi connectivity index (χ0) is 18.4. The predicted octanol–water partition coefficient (Wildman–Crippen LogP) is 3.28. The Morgan fingerprint density at radius 1 is 1.24 bits per heavy atom. The van der Waals surface area contributed by atoms with E-state index in [0.29, 0.717) is 0 Å². The van der Waals surface area contributed by atoms with Gasteiger partial charge in [-0.1, -0.05) is 42.1 Å². The quantitative estimate of drug-likeness (QED) is 0.785. The van der Waals surface area contributed by atoms with Crippen molar-refractivity contribution in [3.05, 3.63) is 35.7 Å². The molecule has 5 nitrogen and oxygen atoms in total. The van der Waals surface area contributed by atoms with Crippen LogP contribution in [0.25, 0.3) is 11.3 Å². The molecular formula is C18H23N3O2S2. The molecule has 0 unspecified atom stereocenters. The van der Waals surface area contributed by atoms with Gasteiger partial charge in [0.1, 0.15) is 0 Å². The lowest BCUT2D eigenvalue weighted by Crippen LogP contribution is -2.46. The van der Waals surface area contributed by atoms with E-state index in [2.05, 4.69) is 10.3 Å². The Labute approximate surface area is 156 Å². The number of hydrogen-bond acceptors (Lipinski definition) is 5. The summed E-state index contributed by atoms with van der Waals surface area (Å²) in [7, 11) is 1.64. The summed E-state index contributed by atoms with van der Waals surface area (Å²) < 4.78 is 0.847. The van der Waals surface area contributed by atoms with Crippen molar-refractivity contribution in [2.45, 2.75) is 30.6 Å². The summed E-state index contributed by atoms with van der Waals surface area (Å²) in [4.78, 5) is 30.1. The molecule has 1 aromatic carbocycles. The highest BCUT2D eigenvalue weighted by Crippen LogP contribution is 2.28. The van der Waals surface area contributed by atoms with Crippen LogP contribution in [0.5, 0.6) is 0 Å². The molecule has 0 aliphatic heterocycles. The summed E-state index contributed by atoms with van der Waals surface area (Å²) >= 11 is 2.92. The Hall–Kier alpha value is -1.86. The molecule has 1 heterocycles. The summed E-state index contributed by atoms with van der Waals surface area (Å²) in [6.07, 6.45) is 0. The van der Waals surface area contributed by atoms with Crippen molar-refractivity contribution in [1.82, 2.24) is 15.2 Å². The van der Waals surface area contributed by atoms with Crippen LogP contribution in [0.3, 0.4) is 0 Å². The Morgan fingerprint density at radius 3 is 2.56 bits per heavy atom. The molecule has 0 saturated carbocycles. The molecule has 0 aliphatic carbocycles. The molecule has 2 aromatic rings. The van der Waals surface area contributed by atoms with Gasteiger partial charge in [0.05, 0.1) is 18.0 Å². The number of carbonyl (C=O) groups is 2. The van der Waals surface area contributed by atoms with Crippen molar-refractivity contribution in [2.24, 2.45) is 0 Å². The SMILES string of the molecule is CN(CC(=O)NC(C)(C)C)C(=O)CSc1nc(-c2ccccc2)cs1. The topological polar surface area (TPSA) is 62.3 Å². The Morgan fingerprint density at radius 2 is 1.92 bits per heavy atom. The third kappa shape index (κ3) is 6.51. The Balaban J connectivity index is 1.84. The van der Waals surface area contributed by atoms with Crippen LogP contribution in [0.1, 0.15) is 20.8 Å². The number of aromatic nitrogens is 1. The van der Waals surface area contributed by atoms with Crippen molar-refractivity contribution < 1.29 is 9.59 Å². The number of nitrogens with one attached hydrogen (secondary N) is 1. The first-order valence-electron chi connectivity index (χ1n) is 7.93. The van der Waals surface area contributed by atoms with Crippen molar-refractivity contribution in [3.8, 4) is 11.3 Å². The highest BCUT2D eigenvalue weighted by Gasteiger charge is 2.18. The second-order valence-electron chi connectivity index (χ2n) is 6.70. The Bertz CT molecular complexity index is 723. The predicted molar refractivity (Wildman–Crippen MR) is 104 cm³/mol. The number of amides is 2. The monoisotopic (exact) mass is 377 g/mol. The molecule has 0 saturated heterocycles. The minimum Gasteiger partial charge on any atom is -0.350 e. The third-order valence-electron chi connectivity index (χ3n) is 3.19. The van der Waals surface area contributed by atoms with E-state index in [9.17, 15) is 9.59 Å². The lowest BCUT2D eigenvalue weighted by Gasteiger charge is -2.23. The normalized spacial score (nSPS) is 11.2. The first-order valence-corrected chi connectivity index (χ1v) is 9.80. The summed E-state index contributed by atoms with van der Waals surface area (Å²) in [5.74, 6) is 0.0144. The van der Waals surface area contributed by atoms with Gasteiger partial charge in [-0.2, -0.15) is 0 Å². The second-order valence-corrected chi connectivity index (χ2v) is 8.78. The molecule has 0 atom stereocenters. The van der Waals surface area contributed by atoms with Crippen molar-refractivity contribution in [1.29, 1.82) is 0 Å². The number of thiazole rings is 1. The molecule has 0 spiro atoms. The highest BCUT2D eigenvalue weighted by atomic mass is 32.2. The maximum absolute atomic E-state index is 12.2. The van der Waals surface area contributed by atoms with Crippen LogP contribution < -0.4 is 5.32 Å². The average Bonchev–Trinajstić information content (AvgIpc) is 3.00. The number of hydrogen-bond donors (Lipinski definition) is 1. The summed E-state index contributed by atoms with van der Waals surface area (Å²) in [6, 6.07) is 9.94. The minimum atomic E-state index is -0.301. The summed E-state index contributed by atoms with van der Waals surface area (Å²) in [6.45, 7) is 5.80. The van der Waals surface area contributed by atoms with Crippen molar-refractivity contribution >= 4 is 34.9 Å². The fourth-order valence-electron chi connectivity index (χ4n) is 2.06. The number of likely N-dealkylation sites (N-methyl/N-ethyl adjacent to an activating group) is 1. The summed E-state index contributed by atoms with van der Waals surface area (Å²) in [5.41, 5.74) is 1.68. The van der Waals surface area contributed by atoms with E-state index in [1.54, 1.807) is 7.05 Å². The molecule has 1 aromatic heterocycles. The largest absolute Gasteiger partial charge is 0.350 e. The van der Waals surface area contributed by atoms with E-state index in [1.807, 2.05) is 56.5 Å². The highest BCUT2D eigenvalue weighted by molar-refractivity contribution is 8.01. The van der Waals surface area contributed by atoms with Crippen molar-refractivity contribution in [3.63, 3.8) is 0 Å². The molecule has 0 bridgehead atoms. The van der Waals surface area contributed by atoms with Crippen LogP contribution in [-0.4, -0.2) is 46.6 Å². The molecule has 25 heavy (non-hydrogen) atoms. The van der Waals surface area contributed by atoms with Gasteiger partial charge in [0.2, 0.25) is 11.8 Å². The van der Waals surface area contributed by atoms with Gasteiger partial charge in [-0.15, -0.1) is 11.3 Å². The van der Waals surface area contributed by atoms with Gasteiger partial charge in [-0.05, 0) is 20.8 Å². The lowest BCUT2D eigenvalue weighted by atomic mass is 10.1. The molecule has 0 fully saturated rings. The smallest absolute Gasteiger partial charge is 0.240 e. The van der Waals surface area contributed by atoms with Crippen LogP contribution in [0.15, 0.2) is 40.1 Å². The van der Waals surface area contributed by atoms with E-state index in [-0.39, 0.29) is 29.7 Å². The molecule has 134 valence electrons. The molecule has 0 radical (unpaired) electrons. The molecule has 2 rings (SSSR count). The molecule has 1 N–H and O–H groups in total. The van der Waals surface area contributed by atoms with Gasteiger partial charge in [0.25, 0.3) is 0 Å². The van der Waals surface area contributed by atoms with Crippen LogP contribution in [0.4, 0.5) is 0 Å². The molecule has 0 aliphatic rings. The van der Waals surface area contributed by atoms with E-state index >= 15 is 0 Å². The van der Waals surface area contributed by atoms with Crippen molar-refractivity contribution in [2.75, 3.05) is 19.3 Å². The van der Waals surface area contributed by atoms with Gasteiger partial charge >= 0.3 is 0 Å². The second kappa shape index (κ2) is 8.49. The zero-order valence-corrected chi connectivity index (χ0v) is 16.5. The van der Waals surface area contributed by atoms with Gasteiger partial charge in [-0.3, -0.25) is 9.59 Å². The van der Waals surface area contributed by atoms with Crippen LogP contribution in [0.2, 0.25) is 0 Å². The lowest BCUT2D eigenvalue weighted by molar-refractivity contribution is -0.133. The van der Waals surface area contributed by atoms with E-state index in [4.69, 9.17) is 0 Å². The maximum atomic E-state index is 12.2. The van der Waals surface area contributed by atoms with Gasteiger partial charge in [0, 0.05) is 23.5 Å². The number of rotatable bonds is 6. The first kappa shape index (κ1) is 19.5. The van der Waals surface area contributed by atoms with Crippen LogP contribution in [-0.2, 0) is 9.59 Å². The van der Waals surface area contributed by atoms with Gasteiger partial charge < -0.3 is 10.2 Å². The van der Waals surface area contributed by atoms with Crippen LogP contribution in [0, 0.1) is 0 Å². The average molecular weight is 378 g/mol. The number of benzene rings is 1. The van der Waals surface area contributed by atoms with E-state index < -0.39 is 0 Å². The molecule has 7 heteroatoms. The Kier molecular flexibility index (Phi) is 6.61. The summed E-state index contributed by atoms with van der Waals surface area (Å²) in [5, 5.41) is 4.84. The zero-order valence-electron chi connectivity index (χ0n) is 14.9. The maximum Gasteiger partial charge on any atom is 0.240 e. The third-order valence-corrected chi connectivity index (χ3v) is 5.20. The number of thioether (sulfide) groups is 1. The molecular weight excluding hydrogens is 354 g/mol. The molecule has 2 amide bonds. The van der Waals surface area contributed by atoms with E-state index in [1.165, 1.54) is 28.0 Å². The van der Waals surface area contributed by atoms with Gasteiger partial charge in [-0.25, -0.2) is 4.98 Å². The van der Waals surface area contributed by atoms with E-state index in [0.717, 1.165) is 15.6 Å².